The molecule has 1 amide bonds. The number of methoxy groups -OCH3 is 1. The van der Waals surface area contributed by atoms with Crippen LogP contribution < -0.4 is 14.2 Å². The molecule has 3 saturated carbocycles. The minimum absolute atomic E-state index is 0.0170. The van der Waals surface area contributed by atoms with Gasteiger partial charge in [0.05, 0.1) is 30.6 Å². The van der Waals surface area contributed by atoms with Crippen LogP contribution in [-0.2, 0) is 35.1 Å². The van der Waals surface area contributed by atoms with Gasteiger partial charge < -0.3 is 38.4 Å². The molecular weight excluding hydrogens is 853 g/mol. The van der Waals surface area contributed by atoms with Crippen molar-refractivity contribution < 1.29 is 47.7 Å². The van der Waals surface area contributed by atoms with Crippen molar-refractivity contribution in [2.24, 2.45) is 17.8 Å². The first-order chi connectivity index (χ1) is 31.7. The number of benzene rings is 1. The summed E-state index contributed by atoms with van der Waals surface area (Å²) in [6.07, 6.45) is 11.7. The Hall–Kier alpha value is -4.63. The van der Waals surface area contributed by atoms with Crippen LogP contribution in [0.1, 0.15) is 115 Å². The molecule has 14 nitrogen and oxygen atoms in total. The van der Waals surface area contributed by atoms with Crippen molar-refractivity contribution in [3.05, 3.63) is 57.7 Å². The zero-order valence-corrected chi connectivity index (χ0v) is 41.7. The van der Waals surface area contributed by atoms with Crippen molar-refractivity contribution in [1.29, 1.82) is 0 Å². The summed E-state index contributed by atoms with van der Waals surface area (Å²) in [6, 6.07) is -0.540. The molecule has 67 heavy (non-hydrogen) atoms. The number of nitrogens with zero attached hydrogens (tertiary/aromatic N) is 4. The quantitative estimate of drug-likeness (QED) is 0.0935. The number of carbonyl (C=O) groups excluding carboxylic acids is 5. The number of esters is 2. The van der Waals surface area contributed by atoms with Crippen LogP contribution in [0.15, 0.2) is 41.0 Å². The monoisotopic (exact) mass is 925 g/mol. The Morgan fingerprint density at radius 1 is 0.836 bits per heavy atom. The zero-order chi connectivity index (χ0) is 48.4. The minimum atomic E-state index is -1.66. The van der Waals surface area contributed by atoms with E-state index in [1.54, 1.807) is 17.9 Å². The maximum absolute atomic E-state index is 16.5. The molecule has 3 aliphatic carbocycles. The summed E-state index contributed by atoms with van der Waals surface area (Å²) < 4.78 is 33.7. The fourth-order valence-electron chi connectivity index (χ4n) is 12.2. The van der Waals surface area contributed by atoms with Crippen LogP contribution in [0.25, 0.3) is 6.08 Å². The Bertz CT molecular complexity index is 2320. The number of carbonyl (C=O) groups is 5. The molecule has 5 aliphatic heterocycles. The van der Waals surface area contributed by atoms with Gasteiger partial charge in [-0.1, -0.05) is 29.4 Å². The average Bonchev–Trinajstić information content (AvgIpc) is 3.42. The number of amides is 1. The van der Waals surface area contributed by atoms with Crippen LogP contribution in [0.4, 0.5) is 0 Å². The van der Waals surface area contributed by atoms with Gasteiger partial charge in [-0.25, -0.2) is 4.79 Å². The zero-order valence-electron chi connectivity index (χ0n) is 41.7. The van der Waals surface area contributed by atoms with E-state index in [1.807, 2.05) is 53.8 Å². The Morgan fingerprint density at radius 3 is 2.13 bits per heavy atom. The van der Waals surface area contributed by atoms with Crippen molar-refractivity contribution in [1.82, 2.24) is 19.6 Å². The molecule has 9 rings (SSSR count). The van der Waals surface area contributed by atoms with Crippen molar-refractivity contribution in [3.63, 3.8) is 0 Å². The van der Waals surface area contributed by atoms with Gasteiger partial charge in [0, 0.05) is 94.2 Å². The molecule has 8 aliphatic rings. The largest absolute Gasteiger partial charge is 0.482 e. The third-order valence-corrected chi connectivity index (χ3v) is 15.8. The first kappa shape index (κ1) is 48.8. The van der Waals surface area contributed by atoms with Gasteiger partial charge in [0.1, 0.15) is 22.7 Å². The summed E-state index contributed by atoms with van der Waals surface area (Å²) in [6.45, 7) is 21.2. The second kappa shape index (κ2) is 18.4. The lowest BCUT2D eigenvalue weighted by Gasteiger charge is -2.65. The fraction of sp³-hybridized carbons (Fsp3) is 0.642. The lowest BCUT2D eigenvalue weighted by molar-refractivity contribution is -0.214. The summed E-state index contributed by atoms with van der Waals surface area (Å²) in [4.78, 5) is 81.3. The van der Waals surface area contributed by atoms with Crippen LogP contribution in [0.5, 0.6) is 17.2 Å². The Kier molecular flexibility index (Phi) is 13.4. The lowest BCUT2D eigenvalue weighted by Crippen LogP contribution is -2.82. The highest BCUT2D eigenvalue weighted by Gasteiger charge is 2.86. The third-order valence-electron chi connectivity index (χ3n) is 15.8. The average molecular weight is 925 g/mol. The highest BCUT2D eigenvalue weighted by Crippen LogP contribution is 2.71. The van der Waals surface area contributed by atoms with Gasteiger partial charge in [0.15, 0.2) is 28.5 Å². The van der Waals surface area contributed by atoms with Crippen molar-refractivity contribution in [2.45, 2.75) is 129 Å². The van der Waals surface area contributed by atoms with Gasteiger partial charge in [-0.05, 0) is 107 Å². The summed E-state index contributed by atoms with van der Waals surface area (Å²) in [5, 5.41) is 0. The first-order valence-electron chi connectivity index (χ1n) is 24.4. The molecule has 7 unspecified atom stereocenters. The SMILES string of the molecule is COC(=O)C(C)=CCC12OC(C)(C)C3CC(C1=O)C(N1CCN(C)CC1)C1C(=O)c4c(OC(=O)CCC(=O)N5CCN(C)CC5)c5c(c(CC=C(C)C)c4OC132)OC(C)(CCC=C(C)C)C=C5. The summed E-state index contributed by atoms with van der Waals surface area (Å²) in [7, 11) is 5.41. The van der Waals surface area contributed by atoms with E-state index in [-0.39, 0.29) is 53.8 Å². The number of rotatable bonds is 13. The standard InChI is InChI=1S/C53H72N4O10/c1-32(2)13-12-20-51(8)21-19-36-45(65-51)35(15-14-33(3)4)47-41(46(36)64-40(59)17-16-39(58)56-27-23-54(9)24-28-56)44(60)42-43(57-29-25-55(10)26-30-57)37-31-38-50(6,7)67-52(48(37)61,53(38,42)66-47)22-18-34(5)49(62)63-11/h13-14,18-19,21,37-38,42-43H,12,15-17,20,22-31H2,1-11H3. The second-order valence-electron chi connectivity index (χ2n) is 21.4. The molecule has 3 saturated heterocycles. The van der Waals surface area contributed by atoms with Crippen LogP contribution in [0.2, 0.25) is 0 Å². The van der Waals surface area contributed by atoms with E-state index < -0.39 is 58.1 Å². The van der Waals surface area contributed by atoms with E-state index >= 15 is 9.59 Å². The highest BCUT2D eigenvalue weighted by molar-refractivity contribution is 6.11. The van der Waals surface area contributed by atoms with Crippen molar-refractivity contribution >= 4 is 35.5 Å². The molecule has 5 heterocycles. The number of allylic oxidation sites excluding steroid dienone is 4. The predicted molar refractivity (Wildman–Crippen MR) is 254 cm³/mol. The highest BCUT2D eigenvalue weighted by atomic mass is 16.6. The van der Waals surface area contributed by atoms with Crippen LogP contribution in [0, 0.1) is 17.8 Å². The number of ketones is 2. The summed E-state index contributed by atoms with van der Waals surface area (Å²) >= 11 is 0. The molecule has 1 aromatic rings. The van der Waals surface area contributed by atoms with Crippen molar-refractivity contribution in [3.8, 4) is 17.2 Å². The normalized spacial score (nSPS) is 31.0. The summed E-state index contributed by atoms with van der Waals surface area (Å²) in [5.41, 5.74) is -1.15. The second-order valence-corrected chi connectivity index (χ2v) is 21.4. The molecule has 4 bridgehead atoms. The van der Waals surface area contributed by atoms with E-state index in [4.69, 9.17) is 23.7 Å². The smallest absolute Gasteiger partial charge is 0.333 e. The van der Waals surface area contributed by atoms with Crippen LogP contribution >= 0.6 is 0 Å². The van der Waals surface area contributed by atoms with E-state index in [1.165, 1.54) is 12.7 Å². The van der Waals surface area contributed by atoms with E-state index in [0.29, 0.717) is 67.9 Å². The molecular formula is C53H72N4O10. The Labute approximate surface area is 396 Å². The number of piperazine rings is 2. The Balaban J connectivity index is 1.34. The van der Waals surface area contributed by atoms with E-state index in [0.717, 1.165) is 38.2 Å². The number of hydrogen-bond donors (Lipinski definition) is 0. The molecule has 6 fully saturated rings. The maximum Gasteiger partial charge on any atom is 0.333 e. The summed E-state index contributed by atoms with van der Waals surface area (Å²) in [5.74, 6) is -2.96. The number of likely N-dealkylation sites (N-methyl/N-ethyl adjacent to an activating group) is 2. The number of ether oxygens (including phenoxy) is 5. The van der Waals surface area contributed by atoms with Gasteiger partial charge in [0.2, 0.25) is 5.91 Å². The minimum Gasteiger partial charge on any atom is -0.482 e. The Morgan fingerprint density at radius 2 is 1.49 bits per heavy atom. The molecule has 1 aromatic carbocycles. The van der Waals surface area contributed by atoms with Gasteiger partial charge in [0.25, 0.3) is 0 Å². The van der Waals surface area contributed by atoms with Gasteiger partial charge in [-0.3, -0.25) is 24.1 Å². The molecule has 14 heteroatoms. The predicted octanol–water partition coefficient (Wildman–Crippen LogP) is 6.39. The molecule has 0 aromatic heterocycles. The molecule has 364 valence electrons. The molecule has 0 N–H and O–H groups in total. The van der Waals surface area contributed by atoms with Crippen LogP contribution in [-0.4, -0.2) is 151 Å². The lowest BCUT2D eigenvalue weighted by atomic mass is 9.44. The number of hydrogen-bond acceptors (Lipinski definition) is 13. The maximum atomic E-state index is 16.5. The number of Topliss-reactive ketones (excluding diaryl/α,β-unsaturated/α-hetero) is 2. The fourth-order valence-corrected chi connectivity index (χ4v) is 12.2. The van der Waals surface area contributed by atoms with Gasteiger partial charge in [-0.2, -0.15) is 0 Å². The molecule has 7 atom stereocenters. The first-order valence-corrected chi connectivity index (χ1v) is 24.4. The van der Waals surface area contributed by atoms with Gasteiger partial charge >= 0.3 is 11.9 Å². The van der Waals surface area contributed by atoms with Gasteiger partial charge in [-0.15, -0.1) is 0 Å². The van der Waals surface area contributed by atoms with Crippen molar-refractivity contribution in [2.75, 3.05) is 73.6 Å². The molecule has 1 spiro atoms. The topological polar surface area (TPSA) is 144 Å². The molecule has 0 radical (unpaired) electrons. The number of fused-ring (bicyclic) bond motifs is 2. The van der Waals surface area contributed by atoms with E-state index in [9.17, 15) is 14.4 Å². The van der Waals surface area contributed by atoms with Crippen LogP contribution in [0.3, 0.4) is 0 Å². The van der Waals surface area contributed by atoms with E-state index in [2.05, 4.69) is 47.7 Å². The third kappa shape index (κ3) is 8.52.